The second-order valence-electron chi connectivity index (χ2n) is 4.97. The lowest BCUT2D eigenvalue weighted by Crippen LogP contribution is -2.28. The Bertz CT molecular complexity index is 408. The molecule has 0 bridgehead atoms. The molecule has 1 aromatic rings. The third-order valence-corrected chi connectivity index (χ3v) is 3.82. The molecule has 1 aromatic heterocycles. The molecule has 2 heterocycles. The number of rotatable bonds is 2. The summed E-state index contributed by atoms with van der Waals surface area (Å²) in [6.45, 7) is 2.98. The molecule has 92 valence electrons. The summed E-state index contributed by atoms with van der Waals surface area (Å²) >= 11 is 0. The predicted molar refractivity (Wildman–Crippen MR) is 66.1 cm³/mol. The average Bonchev–Trinajstić information content (AvgIpc) is 2.76. The summed E-state index contributed by atoms with van der Waals surface area (Å²) in [6, 6.07) is 0.399. The molecule has 17 heavy (non-hydrogen) atoms. The van der Waals surface area contributed by atoms with Crippen molar-refractivity contribution in [2.75, 3.05) is 11.9 Å². The molecular weight excluding hydrogens is 214 g/mol. The maximum absolute atomic E-state index is 5.58. The van der Waals surface area contributed by atoms with Crippen LogP contribution in [0, 0.1) is 0 Å². The second kappa shape index (κ2) is 4.61. The van der Waals surface area contributed by atoms with Crippen LogP contribution in [-0.4, -0.2) is 28.7 Å². The van der Waals surface area contributed by atoms with Crippen molar-refractivity contribution in [3.63, 3.8) is 0 Å². The fraction of sp³-hybridized carbons (Fsp3) is 0.692. The van der Waals surface area contributed by atoms with Crippen LogP contribution in [0.3, 0.4) is 0 Å². The highest BCUT2D eigenvalue weighted by Crippen LogP contribution is 2.26. The monoisotopic (exact) mass is 233 g/mol. The Morgan fingerprint density at radius 3 is 3.00 bits per heavy atom. The van der Waals surface area contributed by atoms with Gasteiger partial charge in [-0.05, 0) is 39.0 Å². The van der Waals surface area contributed by atoms with E-state index in [9.17, 15) is 0 Å². The molecule has 4 nitrogen and oxygen atoms in total. The highest BCUT2D eigenvalue weighted by atomic mass is 16.5. The number of anilines is 1. The second-order valence-corrected chi connectivity index (χ2v) is 4.97. The SMILES string of the molecule is CC1OCCC1Nc1ncnc2c1CCCC2. The first kappa shape index (κ1) is 11.0. The highest BCUT2D eigenvalue weighted by molar-refractivity contribution is 5.48. The minimum absolute atomic E-state index is 0.282. The Hall–Kier alpha value is -1.16. The summed E-state index contributed by atoms with van der Waals surface area (Å²) < 4.78 is 5.58. The standard InChI is InChI=1S/C13H19N3O/c1-9-11(6-7-17-9)16-13-10-4-2-3-5-12(10)14-8-15-13/h8-9,11H,2-7H2,1H3,(H,14,15,16). The number of hydrogen-bond donors (Lipinski definition) is 1. The van der Waals surface area contributed by atoms with Gasteiger partial charge < -0.3 is 10.1 Å². The van der Waals surface area contributed by atoms with E-state index in [2.05, 4.69) is 22.2 Å². The van der Waals surface area contributed by atoms with Crippen molar-refractivity contribution >= 4 is 5.82 Å². The van der Waals surface area contributed by atoms with Gasteiger partial charge in [0.1, 0.15) is 12.1 Å². The van der Waals surface area contributed by atoms with Crippen LogP contribution in [0.1, 0.15) is 37.4 Å². The maximum Gasteiger partial charge on any atom is 0.133 e. The quantitative estimate of drug-likeness (QED) is 0.848. The van der Waals surface area contributed by atoms with Gasteiger partial charge in [-0.25, -0.2) is 9.97 Å². The Kier molecular flexibility index (Phi) is 2.97. The van der Waals surface area contributed by atoms with Crippen molar-refractivity contribution in [3.05, 3.63) is 17.6 Å². The van der Waals surface area contributed by atoms with Crippen molar-refractivity contribution in [2.45, 2.75) is 51.2 Å². The average molecular weight is 233 g/mol. The van der Waals surface area contributed by atoms with Crippen LogP contribution in [0.5, 0.6) is 0 Å². The van der Waals surface area contributed by atoms with Gasteiger partial charge in [0.25, 0.3) is 0 Å². The van der Waals surface area contributed by atoms with E-state index in [1.165, 1.54) is 24.1 Å². The van der Waals surface area contributed by atoms with Gasteiger partial charge in [0.05, 0.1) is 12.1 Å². The van der Waals surface area contributed by atoms with E-state index in [1.807, 2.05) is 0 Å². The molecule has 0 radical (unpaired) electrons. The van der Waals surface area contributed by atoms with Crippen molar-refractivity contribution in [1.82, 2.24) is 9.97 Å². The fourth-order valence-corrected chi connectivity index (χ4v) is 2.74. The summed E-state index contributed by atoms with van der Waals surface area (Å²) in [6.07, 6.45) is 7.76. The molecule has 2 aliphatic rings. The number of hydrogen-bond acceptors (Lipinski definition) is 4. The van der Waals surface area contributed by atoms with E-state index in [0.717, 1.165) is 31.7 Å². The first-order chi connectivity index (χ1) is 8.34. The van der Waals surface area contributed by atoms with E-state index in [0.29, 0.717) is 6.04 Å². The Balaban J connectivity index is 1.82. The molecule has 1 saturated heterocycles. The van der Waals surface area contributed by atoms with Crippen molar-refractivity contribution in [3.8, 4) is 0 Å². The van der Waals surface area contributed by atoms with Crippen LogP contribution in [0.25, 0.3) is 0 Å². The van der Waals surface area contributed by atoms with Crippen LogP contribution < -0.4 is 5.32 Å². The van der Waals surface area contributed by atoms with Gasteiger partial charge in [0.2, 0.25) is 0 Å². The summed E-state index contributed by atoms with van der Waals surface area (Å²) in [7, 11) is 0. The topological polar surface area (TPSA) is 47.0 Å². The molecule has 1 aliphatic heterocycles. The minimum atomic E-state index is 0.282. The Morgan fingerprint density at radius 2 is 2.18 bits per heavy atom. The molecule has 1 fully saturated rings. The normalized spacial score (nSPS) is 27.8. The van der Waals surface area contributed by atoms with E-state index < -0.39 is 0 Å². The largest absolute Gasteiger partial charge is 0.376 e. The van der Waals surface area contributed by atoms with E-state index in [4.69, 9.17) is 4.74 Å². The van der Waals surface area contributed by atoms with Crippen LogP contribution >= 0.6 is 0 Å². The van der Waals surface area contributed by atoms with Crippen molar-refractivity contribution in [1.29, 1.82) is 0 Å². The van der Waals surface area contributed by atoms with Crippen LogP contribution in [0.4, 0.5) is 5.82 Å². The van der Waals surface area contributed by atoms with Crippen LogP contribution in [0.15, 0.2) is 6.33 Å². The number of aromatic nitrogens is 2. The zero-order valence-corrected chi connectivity index (χ0v) is 10.3. The third kappa shape index (κ3) is 2.14. The number of ether oxygens (including phenoxy) is 1. The van der Waals surface area contributed by atoms with Crippen LogP contribution in [0.2, 0.25) is 0 Å². The summed E-state index contributed by atoms with van der Waals surface area (Å²) in [4.78, 5) is 8.80. The highest BCUT2D eigenvalue weighted by Gasteiger charge is 2.26. The molecule has 0 saturated carbocycles. The van der Waals surface area contributed by atoms with Crippen molar-refractivity contribution < 1.29 is 4.74 Å². The van der Waals surface area contributed by atoms with Crippen molar-refractivity contribution in [2.24, 2.45) is 0 Å². The van der Waals surface area contributed by atoms with E-state index >= 15 is 0 Å². The molecule has 2 atom stereocenters. The lowest BCUT2D eigenvalue weighted by atomic mass is 9.96. The molecule has 1 N–H and O–H groups in total. The predicted octanol–water partition coefficient (Wildman–Crippen LogP) is 1.94. The van der Waals surface area contributed by atoms with Gasteiger partial charge in [-0.2, -0.15) is 0 Å². The third-order valence-electron chi connectivity index (χ3n) is 3.82. The fourth-order valence-electron chi connectivity index (χ4n) is 2.74. The van der Waals surface area contributed by atoms with Gasteiger partial charge in [-0.1, -0.05) is 0 Å². The molecule has 0 spiro atoms. The maximum atomic E-state index is 5.58. The lowest BCUT2D eigenvalue weighted by molar-refractivity contribution is 0.121. The molecule has 4 heteroatoms. The first-order valence-corrected chi connectivity index (χ1v) is 6.55. The summed E-state index contributed by atoms with van der Waals surface area (Å²) in [5.74, 6) is 1.04. The van der Waals surface area contributed by atoms with E-state index in [-0.39, 0.29) is 6.10 Å². The van der Waals surface area contributed by atoms with Gasteiger partial charge in [-0.15, -0.1) is 0 Å². The Morgan fingerprint density at radius 1 is 1.29 bits per heavy atom. The molecular formula is C13H19N3O. The van der Waals surface area contributed by atoms with Gasteiger partial charge >= 0.3 is 0 Å². The minimum Gasteiger partial charge on any atom is -0.376 e. The molecule has 3 rings (SSSR count). The molecule has 0 amide bonds. The molecule has 0 aromatic carbocycles. The number of fused-ring (bicyclic) bond motifs is 1. The first-order valence-electron chi connectivity index (χ1n) is 6.55. The number of nitrogens with zero attached hydrogens (tertiary/aromatic N) is 2. The Labute approximate surface area is 102 Å². The number of aryl methyl sites for hydroxylation is 1. The van der Waals surface area contributed by atoms with Gasteiger partial charge in [-0.3, -0.25) is 0 Å². The summed E-state index contributed by atoms with van der Waals surface area (Å²) in [5, 5.41) is 3.54. The zero-order chi connectivity index (χ0) is 11.7. The van der Waals surface area contributed by atoms with Gasteiger partial charge in [0.15, 0.2) is 0 Å². The lowest BCUT2D eigenvalue weighted by Gasteiger charge is -2.22. The van der Waals surface area contributed by atoms with Crippen LogP contribution in [-0.2, 0) is 17.6 Å². The number of nitrogens with one attached hydrogen (secondary N) is 1. The van der Waals surface area contributed by atoms with E-state index in [1.54, 1.807) is 6.33 Å². The zero-order valence-electron chi connectivity index (χ0n) is 10.3. The summed E-state index contributed by atoms with van der Waals surface area (Å²) in [5.41, 5.74) is 2.57. The molecule has 2 unspecified atom stereocenters. The molecule has 1 aliphatic carbocycles. The smallest absolute Gasteiger partial charge is 0.133 e. The van der Waals surface area contributed by atoms with Gasteiger partial charge in [0, 0.05) is 17.9 Å².